The normalized spacial score (nSPS) is 14.0. The molecule has 0 atom stereocenters. The van der Waals surface area contributed by atoms with Gasteiger partial charge in [0.15, 0.2) is 5.78 Å². The molecule has 2 rings (SSSR count). The van der Waals surface area contributed by atoms with E-state index in [1.807, 2.05) is 20.8 Å². The van der Waals surface area contributed by atoms with Crippen LogP contribution in [0.1, 0.15) is 36.7 Å². The van der Waals surface area contributed by atoms with Crippen molar-refractivity contribution in [3.05, 3.63) is 28.3 Å². The molecular formula is C12H13ClN2O. The van der Waals surface area contributed by atoms with E-state index in [9.17, 15) is 4.79 Å². The Hall–Kier alpha value is -1.22. The summed E-state index contributed by atoms with van der Waals surface area (Å²) < 4.78 is 0. The molecule has 1 aliphatic rings. The second-order valence-corrected chi connectivity index (χ2v) is 5.34. The van der Waals surface area contributed by atoms with Crippen LogP contribution in [0.2, 0.25) is 5.02 Å². The number of carbonyl (C=O) groups excluding carboxylic acids is 1. The smallest absolute Gasteiger partial charge is 0.168 e. The van der Waals surface area contributed by atoms with Crippen molar-refractivity contribution in [1.29, 1.82) is 0 Å². The predicted octanol–water partition coefficient (Wildman–Crippen LogP) is 4.17. The van der Waals surface area contributed by atoms with Gasteiger partial charge in [0.25, 0.3) is 0 Å². The first kappa shape index (κ1) is 11.3. The number of fused-ring (bicyclic) bond motifs is 1. The Morgan fingerprint density at radius 3 is 2.69 bits per heavy atom. The molecule has 84 valence electrons. The molecule has 0 N–H and O–H groups in total. The molecule has 1 aromatic rings. The van der Waals surface area contributed by atoms with Crippen LogP contribution in [-0.2, 0) is 6.54 Å². The Kier molecular flexibility index (Phi) is 2.58. The van der Waals surface area contributed by atoms with Gasteiger partial charge in [-0.05, 0) is 12.1 Å². The van der Waals surface area contributed by atoms with E-state index < -0.39 is 5.41 Å². The fourth-order valence-electron chi connectivity index (χ4n) is 1.61. The summed E-state index contributed by atoms with van der Waals surface area (Å²) in [5.74, 6) is 0.0688. The number of ketones is 1. The van der Waals surface area contributed by atoms with Crippen molar-refractivity contribution in [1.82, 2.24) is 0 Å². The highest BCUT2D eigenvalue weighted by Gasteiger charge is 2.25. The molecule has 1 aromatic carbocycles. The largest absolute Gasteiger partial charge is 0.294 e. The summed E-state index contributed by atoms with van der Waals surface area (Å²) in [4.78, 5) is 12.1. The highest BCUT2D eigenvalue weighted by molar-refractivity contribution is 6.32. The third kappa shape index (κ3) is 1.87. The minimum Gasteiger partial charge on any atom is -0.294 e. The molecule has 0 amide bonds. The molecule has 0 unspecified atom stereocenters. The highest BCUT2D eigenvalue weighted by atomic mass is 35.5. The standard InChI is InChI=1S/C12H13ClN2O/c1-12(2,3)11(16)7-4-9(13)8-6-14-15-10(8)5-7/h4-5H,6H2,1-3H3. The van der Waals surface area contributed by atoms with Crippen LogP contribution in [0.5, 0.6) is 0 Å². The lowest BCUT2D eigenvalue weighted by Gasteiger charge is -2.17. The van der Waals surface area contributed by atoms with Gasteiger partial charge >= 0.3 is 0 Å². The van der Waals surface area contributed by atoms with Crippen LogP contribution < -0.4 is 0 Å². The maximum Gasteiger partial charge on any atom is 0.168 e. The van der Waals surface area contributed by atoms with Gasteiger partial charge in [0.2, 0.25) is 0 Å². The highest BCUT2D eigenvalue weighted by Crippen LogP contribution is 2.35. The summed E-state index contributed by atoms with van der Waals surface area (Å²) in [6, 6.07) is 3.48. The van der Waals surface area contributed by atoms with E-state index in [-0.39, 0.29) is 5.78 Å². The van der Waals surface area contributed by atoms with E-state index in [0.29, 0.717) is 17.1 Å². The zero-order valence-corrected chi connectivity index (χ0v) is 10.3. The quantitative estimate of drug-likeness (QED) is 0.675. The van der Waals surface area contributed by atoms with Crippen molar-refractivity contribution < 1.29 is 4.79 Å². The SMILES string of the molecule is CC(C)(C)C(=O)c1cc(Cl)c2c(c1)N=NC2. The van der Waals surface area contributed by atoms with Crippen LogP contribution in [0, 0.1) is 5.41 Å². The number of carbonyl (C=O) groups is 1. The van der Waals surface area contributed by atoms with Crippen molar-refractivity contribution in [2.24, 2.45) is 15.6 Å². The van der Waals surface area contributed by atoms with Gasteiger partial charge in [0.05, 0.1) is 12.2 Å². The molecule has 1 heterocycles. The third-order valence-electron chi connectivity index (χ3n) is 2.52. The number of hydrogen-bond acceptors (Lipinski definition) is 3. The lowest BCUT2D eigenvalue weighted by Crippen LogP contribution is -2.20. The summed E-state index contributed by atoms with van der Waals surface area (Å²) in [6.07, 6.45) is 0. The summed E-state index contributed by atoms with van der Waals surface area (Å²) in [6.45, 7) is 6.17. The third-order valence-corrected chi connectivity index (χ3v) is 2.86. The number of rotatable bonds is 1. The molecule has 16 heavy (non-hydrogen) atoms. The molecule has 0 saturated heterocycles. The second kappa shape index (κ2) is 3.67. The van der Waals surface area contributed by atoms with E-state index in [2.05, 4.69) is 10.2 Å². The van der Waals surface area contributed by atoms with Crippen molar-refractivity contribution in [2.75, 3.05) is 0 Å². The van der Waals surface area contributed by atoms with Crippen LogP contribution in [0.4, 0.5) is 5.69 Å². The Morgan fingerprint density at radius 2 is 2.06 bits per heavy atom. The topological polar surface area (TPSA) is 41.8 Å². The monoisotopic (exact) mass is 236 g/mol. The molecule has 0 fully saturated rings. The van der Waals surface area contributed by atoms with Crippen molar-refractivity contribution >= 4 is 23.1 Å². The summed E-state index contributed by atoms with van der Waals surface area (Å²) >= 11 is 6.10. The Balaban J connectivity index is 2.48. The number of benzene rings is 1. The zero-order valence-electron chi connectivity index (χ0n) is 9.54. The molecule has 0 bridgehead atoms. The van der Waals surface area contributed by atoms with Crippen molar-refractivity contribution in [3.8, 4) is 0 Å². The first-order chi connectivity index (χ1) is 7.39. The van der Waals surface area contributed by atoms with Crippen LogP contribution in [0.3, 0.4) is 0 Å². The lowest BCUT2D eigenvalue weighted by molar-refractivity contribution is 0.0858. The van der Waals surface area contributed by atoms with E-state index in [0.717, 1.165) is 11.3 Å². The van der Waals surface area contributed by atoms with Crippen LogP contribution in [0.15, 0.2) is 22.4 Å². The van der Waals surface area contributed by atoms with Gasteiger partial charge in [-0.15, -0.1) is 0 Å². The van der Waals surface area contributed by atoms with Gasteiger partial charge in [-0.25, -0.2) is 0 Å². The first-order valence-electron chi connectivity index (χ1n) is 5.14. The summed E-state index contributed by atoms with van der Waals surface area (Å²) in [7, 11) is 0. The fraction of sp³-hybridized carbons (Fsp3) is 0.417. The molecule has 0 aromatic heterocycles. The fourth-order valence-corrected chi connectivity index (χ4v) is 1.89. The van der Waals surface area contributed by atoms with Gasteiger partial charge in [-0.2, -0.15) is 10.2 Å². The zero-order chi connectivity index (χ0) is 11.9. The van der Waals surface area contributed by atoms with Gasteiger partial charge in [-0.3, -0.25) is 4.79 Å². The molecule has 0 aliphatic carbocycles. The number of Topliss-reactive ketones (excluding diaryl/α,β-unsaturated/α-hetero) is 1. The second-order valence-electron chi connectivity index (χ2n) is 4.93. The maximum absolute atomic E-state index is 12.1. The van der Waals surface area contributed by atoms with Crippen LogP contribution in [-0.4, -0.2) is 5.78 Å². The Morgan fingerprint density at radius 1 is 1.38 bits per heavy atom. The van der Waals surface area contributed by atoms with Crippen LogP contribution >= 0.6 is 11.6 Å². The minimum atomic E-state index is -0.409. The van der Waals surface area contributed by atoms with Crippen LogP contribution in [0.25, 0.3) is 0 Å². The molecule has 0 saturated carbocycles. The van der Waals surface area contributed by atoms with Crippen molar-refractivity contribution in [3.63, 3.8) is 0 Å². The molecule has 0 radical (unpaired) electrons. The molecule has 3 nitrogen and oxygen atoms in total. The van der Waals surface area contributed by atoms with Gasteiger partial charge in [-0.1, -0.05) is 32.4 Å². The predicted molar refractivity (Wildman–Crippen MR) is 63.5 cm³/mol. The molecule has 0 spiro atoms. The van der Waals surface area contributed by atoms with Gasteiger partial charge in [0.1, 0.15) is 0 Å². The van der Waals surface area contributed by atoms with Gasteiger partial charge in [0, 0.05) is 21.6 Å². The number of azo groups is 1. The average Bonchev–Trinajstić information content (AvgIpc) is 2.63. The lowest BCUT2D eigenvalue weighted by atomic mass is 9.86. The molecule has 1 aliphatic heterocycles. The summed E-state index contributed by atoms with van der Waals surface area (Å²) in [5, 5.41) is 8.46. The maximum atomic E-state index is 12.1. The Labute approximate surface area is 99.5 Å². The molecule has 4 heteroatoms. The van der Waals surface area contributed by atoms with E-state index in [1.54, 1.807) is 12.1 Å². The average molecular weight is 237 g/mol. The summed E-state index contributed by atoms with van der Waals surface area (Å²) in [5.41, 5.74) is 1.83. The van der Waals surface area contributed by atoms with E-state index in [1.165, 1.54) is 0 Å². The van der Waals surface area contributed by atoms with E-state index in [4.69, 9.17) is 11.6 Å². The van der Waals surface area contributed by atoms with E-state index >= 15 is 0 Å². The minimum absolute atomic E-state index is 0.0688. The van der Waals surface area contributed by atoms with Crippen molar-refractivity contribution in [2.45, 2.75) is 27.3 Å². The Bertz CT molecular complexity index is 487. The number of hydrogen-bond donors (Lipinski definition) is 0. The number of halogens is 1. The number of nitrogens with zero attached hydrogens (tertiary/aromatic N) is 2. The first-order valence-corrected chi connectivity index (χ1v) is 5.52. The van der Waals surface area contributed by atoms with Gasteiger partial charge < -0.3 is 0 Å². The molecular weight excluding hydrogens is 224 g/mol.